The highest BCUT2D eigenvalue weighted by Gasteiger charge is 2.35. The minimum absolute atomic E-state index is 0.0979. The van der Waals surface area contributed by atoms with E-state index in [0.717, 1.165) is 10.2 Å². The molecule has 1 saturated heterocycles. The first-order valence-corrected chi connectivity index (χ1v) is 10.5. The highest BCUT2D eigenvalue weighted by molar-refractivity contribution is 7.16. The molecule has 9 heteroatoms. The summed E-state index contributed by atoms with van der Waals surface area (Å²) in [5.41, 5.74) is 4.39. The van der Waals surface area contributed by atoms with Crippen molar-refractivity contribution >= 4 is 39.1 Å². The lowest BCUT2D eigenvalue weighted by Crippen LogP contribution is -2.32. The third-order valence-electron chi connectivity index (χ3n) is 5.31. The second kappa shape index (κ2) is 7.49. The molecule has 2 amide bonds. The number of fused-ring (bicyclic) bond motifs is 2. The predicted octanol–water partition coefficient (Wildman–Crippen LogP) is 2.00. The second-order valence-corrected chi connectivity index (χ2v) is 8.24. The van der Waals surface area contributed by atoms with Gasteiger partial charge in [0.05, 0.1) is 16.1 Å². The van der Waals surface area contributed by atoms with Gasteiger partial charge < -0.3 is 18.9 Å². The van der Waals surface area contributed by atoms with Gasteiger partial charge in [-0.15, -0.1) is 5.10 Å². The highest BCUT2D eigenvalue weighted by Crippen LogP contribution is 2.36. The van der Waals surface area contributed by atoms with Gasteiger partial charge >= 0.3 is 0 Å². The number of benzene rings is 2. The van der Waals surface area contributed by atoms with Crippen LogP contribution in [0.5, 0.6) is 11.5 Å². The fourth-order valence-electron chi connectivity index (χ4n) is 3.72. The van der Waals surface area contributed by atoms with Crippen molar-refractivity contribution in [1.29, 1.82) is 0 Å². The maximum Gasteiger partial charge on any atom is 0.245 e. The normalized spacial score (nSPS) is 18.8. The van der Waals surface area contributed by atoms with Gasteiger partial charge in [-0.2, -0.15) is 0 Å². The van der Waals surface area contributed by atoms with Gasteiger partial charge in [0.25, 0.3) is 0 Å². The van der Waals surface area contributed by atoms with Gasteiger partial charge in [0.1, 0.15) is 13.2 Å². The Morgan fingerprint density at radius 2 is 1.97 bits per heavy atom. The molecule has 154 valence electrons. The minimum Gasteiger partial charge on any atom is -0.486 e. The first kappa shape index (κ1) is 18.7. The van der Waals surface area contributed by atoms with Crippen molar-refractivity contribution in [3.8, 4) is 11.5 Å². The van der Waals surface area contributed by atoms with Crippen LogP contribution in [0.15, 0.2) is 47.6 Å². The number of hydrogen-bond acceptors (Lipinski definition) is 6. The van der Waals surface area contributed by atoms with Gasteiger partial charge in [-0.3, -0.25) is 9.59 Å². The Hall–Kier alpha value is -3.33. The molecule has 1 N–H and O–H groups in total. The van der Waals surface area contributed by atoms with E-state index in [1.165, 1.54) is 11.3 Å². The zero-order valence-electron chi connectivity index (χ0n) is 16.3. The van der Waals surface area contributed by atoms with Crippen molar-refractivity contribution in [1.82, 2.24) is 9.99 Å². The molecule has 30 heavy (non-hydrogen) atoms. The monoisotopic (exact) mass is 424 g/mol. The Labute approximate surface area is 176 Å². The number of carbonyl (C=O) groups is 2. The fourth-order valence-corrected chi connectivity index (χ4v) is 4.69. The zero-order chi connectivity index (χ0) is 20.7. The molecule has 1 fully saturated rings. The number of aromatic nitrogens is 1. The molecule has 1 unspecified atom stereocenters. The van der Waals surface area contributed by atoms with E-state index in [1.54, 1.807) is 17.0 Å². The molecule has 3 aromatic rings. The number of nitrogens with one attached hydrogen (secondary N) is 1. The van der Waals surface area contributed by atoms with Gasteiger partial charge in [-0.1, -0.05) is 23.5 Å². The summed E-state index contributed by atoms with van der Waals surface area (Å²) in [5.74, 6) is 0.460. The number of para-hydroxylation sites is 1. The van der Waals surface area contributed by atoms with Crippen LogP contribution in [0.4, 0.5) is 5.69 Å². The molecule has 0 aliphatic carbocycles. The van der Waals surface area contributed by atoms with Crippen LogP contribution in [0.1, 0.15) is 6.42 Å². The number of hydrogen-bond donors (Lipinski definition) is 1. The quantitative estimate of drug-likeness (QED) is 0.652. The van der Waals surface area contributed by atoms with Crippen molar-refractivity contribution in [3.63, 3.8) is 0 Å². The number of aryl methyl sites for hydroxylation is 1. The summed E-state index contributed by atoms with van der Waals surface area (Å²) in [4.78, 5) is 27.5. The minimum atomic E-state index is -0.464. The molecule has 0 spiro atoms. The first-order valence-electron chi connectivity index (χ1n) is 9.68. The Bertz CT molecular complexity index is 1220. The summed E-state index contributed by atoms with van der Waals surface area (Å²) in [7, 11) is 1.91. The number of carbonyl (C=O) groups excluding carboxylic acids is 2. The van der Waals surface area contributed by atoms with Crippen LogP contribution in [0.3, 0.4) is 0 Å². The molecule has 2 aromatic carbocycles. The van der Waals surface area contributed by atoms with Crippen LogP contribution in [-0.2, 0) is 16.6 Å². The van der Waals surface area contributed by atoms with Gasteiger partial charge in [-0.05, 0) is 24.3 Å². The predicted molar refractivity (Wildman–Crippen MR) is 112 cm³/mol. The molecule has 3 heterocycles. The first-order chi connectivity index (χ1) is 14.6. The van der Waals surface area contributed by atoms with E-state index in [9.17, 15) is 9.59 Å². The largest absolute Gasteiger partial charge is 0.486 e. The second-order valence-electron chi connectivity index (χ2n) is 7.23. The Kier molecular flexibility index (Phi) is 4.66. The molecular weight excluding hydrogens is 404 g/mol. The number of nitrogens with zero attached hydrogens (tertiary/aromatic N) is 3. The van der Waals surface area contributed by atoms with Crippen molar-refractivity contribution in [2.45, 2.75) is 6.42 Å². The third kappa shape index (κ3) is 3.30. The van der Waals surface area contributed by atoms with E-state index >= 15 is 0 Å². The molecule has 0 saturated carbocycles. The number of anilines is 1. The molecule has 2 aliphatic rings. The van der Waals surface area contributed by atoms with Crippen molar-refractivity contribution in [3.05, 3.63) is 47.3 Å². The number of amides is 2. The number of rotatable bonds is 3. The van der Waals surface area contributed by atoms with Gasteiger partial charge in [0.15, 0.2) is 11.5 Å². The summed E-state index contributed by atoms with van der Waals surface area (Å²) < 4.78 is 14.1. The van der Waals surface area contributed by atoms with Crippen LogP contribution in [0.25, 0.3) is 10.2 Å². The average molecular weight is 424 g/mol. The molecule has 8 nitrogen and oxygen atoms in total. The summed E-state index contributed by atoms with van der Waals surface area (Å²) in [5, 5.41) is 4.28. The summed E-state index contributed by atoms with van der Waals surface area (Å²) in [6.45, 7) is 1.29. The SMILES string of the molecule is Cn1/c(=N/NC(=O)C2CC(=O)N(c3ccc4c(c3)OCCO4)C2)sc2ccccc21. The Morgan fingerprint density at radius 3 is 2.80 bits per heavy atom. The standard InChI is InChI=1S/C21H20N4O4S/c1-24-15-4-2-3-5-18(15)30-21(24)23-22-20(27)13-10-19(26)25(12-13)14-6-7-16-17(11-14)29-9-8-28-16/h2-7,11,13H,8-10,12H2,1H3,(H,22,27)/b23-21-. The van der Waals surface area contributed by atoms with Crippen LogP contribution < -0.4 is 24.6 Å². The van der Waals surface area contributed by atoms with Crippen LogP contribution in [0.2, 0.25) is 0 Å². The van der Waals surface area contributed by atoms with Gasteiger partial charge in [-0.25, -0.2) is 5.43 Å². The van der Waals surface area contributed by atoms with E-state index in [1.807, 2.05) is 41.9 Å². The lowest BCUT2D eigenvalue weighted by atomic mass is 10.1. The smallest absolute Gasteiger partial charge is 0.245 e. The van der Waals surface area contributed by atoms with E-state index in [4.69, 9.17) is 9.47 Å². The van der Waals surface area contributed by atoms with Gasteiger partial charge in [0.2, 0.25) is 16.6 Å². The molecule has 5 rings (SSSR count). The number of thiazole rings is 1. The number of ether oxygens (including phenoxy) is 2. The Morgan fingerprint density at radius 1 is 1.17 bits per heavy atom. The van der Waals surface area contributed by atoms with Crippen molar-refractivity contribution in [2.24, 2.45) is 18.1 Å². The van der Waals surface area contributed by atoms with E-state index in [-0.39, 0.29) is 18.2 Å². The lowest BCUT2D eigenvalue weighted by Gasteiger charge is -2.22. The highest BCUT2D eigenvalue weighted by atomic mass is 32.1. The van der Waals surface area contributed by atoms with Crippen LogP contribution in [-0.4, -0.2) is 36.1 Å². The summed E-state index contributed by atoms with van der Waals surface area (Å²) in [6.07, 6.45) is 0.147. The fraction of sp³-hybridized carbons (Fsp3) is 0.286. The van der Waals surface area contributed by atoms with Crippen LogP contribution in [0, 0.1) is 5.92 Å². The molecule has 2 aliphatic heterocycles. The van der Waals surface area contributed by atoms with Gasteiger partial charge in [0, 0.05) is 31.8 Å². The maximum absolute atomic E-state index is 12.7. The molecule has 0 radical (unpaired) electrons. The topological polar surface area (TPSA) is 85.2 Å². The van der Waals surface area contributed by atoms with Crippen molar-refractivity contribution in [2.75, 3.05) is 24.7 Å². The van der Waals surface area contributed by atoms with Crippen LogP contribution >= 0.6 is 11.3 Å². The van der Waals surface area contributed by atoms with E-state index in [2.05, 4.69) is 10.5 Å². The van der Waals surface area contributed by atoms with E-state index in [0.29, 0.717) is 41.7 Å². The third-order valence-corrected chi connectivity index (χ3v) is 6.42. The Balaban J connectivity index is 1.31. The lowest BCUT2D eigenvalue weighted by molar-refractivity contribution is -0.126. The molecule has 1 atom stereocenters. The van der Waals surface area contributed by atoms with E-state index < -0.39 is 5.92 Å². The summed E-state index contributed by atoms with van der Waals surface area (Å²) >= 11 is 1.50. The molecular formula is C21H20N4O4S. The molecule has 1 aromatic heterocycles. The zero-order valence-corrected chi connectivity index (χ0v) is 17.1. The average Bonchev–Trinajstić information content (AvgIpc) is 3.32. The molecule has 0 bridgehead atoms. The maximum atomic E-state index is 12.7. The van der Waals surface area contributed by atoms with Crippen molar-refractivity contribution < 1.29 is 19.1 Å². The summed E-state index contributed by atoms with van der Waals surface area (Å²) in [6, 6.07) is 13.4.